The molecule has 4 saturated heterocycles. The normalized spacial score (nSPS) is 16.4. The minimum Gasteiger partial charge on any atom is -0.507 e. The van der Waals surface area contributed by atoms with Crippen molar-refractivity contribution in [2.75, 3.05) is 92.2 Å². The smallest absolute Gasteiger partial charge is 0.274 e. The monoisotopic (exact) mass is 1580 g/mol. The fourth-order valence-electron chi connectivity index (χ4n) is 14.3. The van der Waals surface area contributed by atoms with Crippen LogP contribution < -0.4 is 18.9 Å². The van der Waals surface area contributed by atoms with Gasteiger partial charge in [-0.3, -0.25) is 53.3 Å². The molecule has 0 bridgehead atoms. The molecule has 0 unspecified atom stereocenters. The van der Waals surface area contributed by atoms with E-state index in [1.54, 1.807) is 106 Å². The maximum Gasteiger partial charge on any atom is 0.274 e. The summed E-state index contributed by atoms with van der Waals surface area (Å²) in [4.78, 5) is 124. The zero-order valence-electron chi connectivity index (χ0n) is 65.0. The van der Waals surface area contributed by atoms with Gasteiger partial charge in [-0.05, 0) is 170 Å². The van der Waals surface area contributed by atoms with E-state index in [4.69, 9.17) is 23.7 Å². The van der Waals surface area contributed by atoms with Crippen molar-refractivity contribution in [1.82, 2.24) is 39.5 Å². The molecule has 0 spiro atoms. The number of Topliss-reactive ketones (excluding diaryl/α,β-unsaturated/α-hetero) is 4. The number of rotatable bonds is 28. The molecule has 610 valence electrons. The number of likely N-dealkylation sites (tertiary alicyclic amines) is 3. The van der Waals surface area contributed by atoms with Gasteiger partial charge in [0, 0.05) is 102 Å². The van der Waals surface area contributed by atoms with Gasteiger partial charge in [-0.25, -0.2) is 4.98 Å². The minimum atomic E-state index is -0.374. The van der Waals surface area contributed by atoms with Gasteiger partial charge >= 0.3 is 0 Å². The first-order valence-corrected chi connectivity index (χ1v) is 38.4. The van der Waals surface area contributed by atoms with E-state index in [0.717, 1.165) is 56.9 Å². The Bertz CT molecular complexity index is 4330. The topological polar surface area (TPSA) is 409 Å². The van der Waals surface area contributed by atoms with Crippen molar-refractivity contribution in [3.05, 3.63) is 213 Å². The second kappa shape index (κ2) is 43.5. The summed E-state index contributed by atoms with van der Waals surface area (Å²) in [6.45, 7) is 8.86. The van der Waals surface area contributed by atoms with Crippen molar-refractivity contribution in [2.24, 2.45) is 0 Å². The molecule has 4 atom stereocenters. The molecule has 0 saturated carbocycles. The lowest BCUT2D eigenvalue weighted by Crippen LogP contribution is -2.51. The lowest BCUT2D eigenvalue weighted by atomic mass is 9.98. The van der Waals surface area contributed by atoms with Gasteiger partial charge < -0.3 is 84.1 Å². The van der Waals surface area contributed by atoms with E-state index in [0.29, 0.717) is 103 Å². The molecule has 115 heavy (non-hydrogen) atoms. The Morgan fingerprint density at radius 3 is 1.14 bits per heavy atom. The van der Waals surface area contributed by atoms with Crippen LogP contribution in [0.5, 0.6) is 46.0 Å². The number of piperidine rings is 2. The Morgan fingerprint density at radius 2 is 0.713 bits per heavy atom. The first-order valence-electron chi connectivity index (χ1n) is 38.4. The number of pyridine rings is 2. The van der Waals surface area contributed by atoms with Gasteiger partial charge in [0.25, 0.3) is 23.6 Å². The predicted octanol–water partition coefficient (Wildman–Crippen LogP) is 8.85. The summed E-state index contributed by atoms with van der Waals surface area (Å²) >= 11 is 0. The van der Waals surface area contributed by atoms with Crippen LogP contribution in [-0.2, 0) is 30.4 Å². The number of aliphatic hydroxyl groups excluding tert-OH is 4. The number of nitrogens with zero attached hydrogens (tertiary/aromatic N) is 8. The number of hydrogen-bond donors (Lipinski definition) is 8. The first kappa shape index (κ1) is 87.2. The molecule has 8 N–H and O–H groups in total. The van der Waals surface area contributed by atoms with E-state index >= 15 is 0 Å². The third-order valence-electron chi connectivity index (χ3n) is 19.9. The molecule has 0 aliphatic carbocycles. The molecule has 7 heterocycles. The molecule has 3 aromatic heterocycles. The highest BCUT2D eigenvalue weighted by Crippen LogP contribution is 2.35. The average molecular weight is 1580 g/mol. The Balaban J connectivity index is 0.000000175. The number of benzene rings is 5. The van der Waals surface area contributed by atoms with E-state index in [-0.39, 0.29) is 194 Å². The van der Waals surface area contributed by atoms with Gasteiger partial charge in [-0.1, -0.05) is 42.5 Å². The van der Waals surface area contributed by atoms with Crippen LogP contribution in [0.3, 0.4) is 0 Å². The molecular weight excluding hydrogens is 1480 g/mol. The van der Waals surface area contributed by atoms with Crippen molar-refractivity contribution in [3.8, 4) is 46.0 Å². The number of aliphatic hydroxyl groups is 4. The maximum absolute atomic E-state index is 13.2. The number of aromatic nitrogens is 4. The first-order chi connectivity index (χ1) is 55.6. The third kappa shape index (κ3) is 23.0. The van der Waals surface area contributed by atoms with Crippen LogP contribution in [0.4, 0.5) is 0 Å². The summed E-state index contributed by atoms with van der Waals surface area (Å²) in [5.41, 5.74) is 4.76. The molecule has 5 aromatic carbocycles. The Morgan fingerprint density at radius 1 is 0.365 bits per heavy atom. The van der Waals surface area contributed by atoms with E-state index in [2.05, 4.69) is 19.9 Å². The molecule has 4 aliphatic heterocycles. The van der Waals surface area contributed by atoms with Crippen LogP contribution in [0.25, 0.3) is 0 Å². The van der Waals surface area contributed by atoms with E-state index in [1.165, 1.54) is 64.4 Å². The molecule has 12 rings (SSSR count). The van der Waals surface area contributed by atoms with Crippen molar-refractivity contribution in [2.45, 2.75) is 129 Å². The molecule has 0 radical (unpaired) electrons. The third-order valence-corrected chi connectivity index (χ3v) is 19.9. The second-order valence-electron chi connectivity index (χ2n) is 27.8. The Kier molecular flexibility index (Phi) is 33.0. The van der Waals surface area contributed by atoms with Gasteiger partial charge in [0.05, 0.1) is 65.6 Å². The number of aromatic hydroxyl groups is 4. The highest BCUT2D eigenvalue weighted by molar-refractivity contribution is 6.02. The number of carbonyl (C=O) groups is 8. The number of amides is 4. The van der Waals surface area contributed by atoms with E-state index in [9.17, 15) is 79.2 Å². The van der Waals surface area contributed by atoms with Crippen LogP contribution in [0, 0.1) is 0 Å². The maximum atomic E-state index is 13.2. The quantitative estimate of drug-likeness (QED) is 0.0212. The number of hydrogen-bond acceptors (Lipinski definition) is 25. The summed E-state index contributed by atoms with van der Waals surface area (Å²) in [5.74, 6) is -1.08. The summed E-state index contributed by atoms with van der Waals surface area (Å²) in [6.07, 6.45) is 14.4. The lowest BCUT2D eigenvalue weighted by Gasteiger charge is -2.36. The lowest BCUT2D eigenvalue weighted by molar-refractivity contribution is -0.0152. The highest BCUT2D eigenvalue weighted by Gasteiger charge is 2.36. The predicted molar refractivity (Wildman–Crippen MR) is 422 cm³/mol. The molecule has 4 aliphatic rings. The van der Waals surface area contributed by atoms with Gasteiger partial charge in [0.15, 0.2) is 23.1 Å². The van der Waals surface area contributed by atoms with Crippen LogP contribution >= 0.6 is 0 Å². The van der Waals surface area contributed by atoms with Gasteiger partial charge in [-0.15, -0.1) is 0 Å². The summed E-state index contributed by atoms with van der Waals surface area (Å²) in [6, 6.07) is 32.1. The average Bonchev–Trinajstić information content (AvgIpc) is 1.53. The summed E-state index contributed by atoms with van der Waals surface area (Å²) in [5, 5.41) is 76.8. The molecule has 29 heteroatoms. The van der Waals surface area contributed by atoms with Crippen LogP contribution in [0.2, 0.25) is 0 Å². The van der Waals surface area contributed by atoms with Crippen LogP contribution in [-0.4, -0.2) is 244 Å². The fourth-order valence-corrected chi connectivity index (χ4v) is 14.3. The van der Waals surface area contributed by atoms with Gasteiger partial charge in [0.2, 0.25) is 0 Å². The molecule has 4 fully saturated rings. The van der Waals surface area contributed by atoms with Gasteiger partial charge in [0.1, 0.15) is 100 Å². The SMILES string of the molecule is CC(=O)c1c(O)cccc1OC[C@@H]1CCCCN1C(=O)c1ccccc1CCO.CC(=O)c1c(O)cccc1OC[C@@H]1CCCCN1C(=O)c1nccnc1CCO.CC(=O)c1c(O)cccc1OC[C@@H]1CCCN1C(=O)c1cccnc1CCO.CC(=O)c1c(O)cccc1OC[C@@H]1COCCN1C(=O)c1cccnc1CCO. The van der Waals surface area contributed by atoms with Crippen molar-refractivity contribution in [3.63, 3.8) is 0 Å². The molecule has 29 nitrogen and oxygen atoms in total. The zero-order chi connectivity index (χ0) is 82.5. The zero-order valence-corrected chi connectivity index (χ0v) is 65.0. The Labute approximate surface area is 666 Å². The number of morpholine rings is 1. The fraction of sp³-hybridized carbons (Fsp3) is 0.395. The molecular formula is C86H100N8O21. The number of ether oxygens (including phenoxy) is 5. The second-order valence-corrected chi connectivity index (χ2v) is 27.8. The van der Waals surface area contributed by atoms with Crippen molar-refractivity contribution < 1.29 is 103 Å². The number of phenolic OH excluding ortho intramolecular Hbond substituents is 4. The van der Waals surface area contributed by atoms with Crippen molar-refractivity contribution in [1.29, 1.82) is 0 Å². The van der Waals surface area contributed by atoms with Gasteiger partial charge in [-0.2, -0.15) is 0 Å². The van der Waals surface area contributed by atoms with Crippen LogP contribution in [0.1, 0.15) is 185 Å². The number of carbonyl (C=O) groups excluding carboxylic acids is 8. The van der Waals surface area contributed by atoms with Crippen LogP contribution in [0.15, 0.2) is 146 Å². The molecule has 4 amide bonds. The largest absolute Gasteiger partial charge is 0.507 e. The van der Waals surface area contributed by atoms with Crippen molar-refractivity contribution >= 4 is 46.8 Å². The Hall–Kier alpha value is -11.8. The standard InChI is InChI=1S/C23H27NO5.C21H25N3O5.C21H24N2O6.C21H24N2O5/c1-16(26)22-20(27)10-6-11-21(22)29-15-18-8-4-5-13-24(18)23(28)19-9-3-2-7-17(19)12-14-25;1-14(26)19-17(27)6-4-7-18(19)29-13-15-5-2-3-11-24(15)21(28)20-16(8-12-25)22-9-10-23-20;1-14(25)20-18(26)5-2-6-19(20)29-13-15-12-28-11-9-23(15)21(27)16-4-3-8-22-17(16)7-10-24;1-14(25)20-18(26)7-2-8-19(20)28-13-15-5-4-11-23(15)21(27)16-6-3-10-22-17(16)9-12-24/h2-3,6-7,9-11,18,25,27H,4-5,8,12-15H2,1H3;4,6-7,9-10,15,25,27H,2-3,5,8,11-13H2,1H3;2-6,8,15,24,26H,7,9-13H2,1H3;2-3,6-8,10,15,24,26H,4-5,9,11-13H2,1H3/t18-;3*15-/m0000/s1. The minimum absolute atomic E-state index is 0.0117. The van der Waals surface area contributed by atoms with E-state index in [1.807, 2.05) is 23.1 Å². The number of phenols is 4. The summed E-state index contributed by atoms with van der Waals surface area (Å²) < 4.78 is 28.9. The van der Waals surface area contributed by atoms with E-state index < -0.39 is 0 Å². The highest BCUT2D eigenvalue weighted by atomic mass is 16.5. The number of ketones is 4. The summed E-state index contributed by atoms with van der Waals surface area (Å²) in [7, 11) is 0. The molecule has 8 aromatic rings.